The summed E-state index contributed by atoms with van der Waals surface area (Å²) < 4.78 is 74.5. The highest BCUT2D eigenvalue weighted by atomic mass is 32.2. The average molecular weight is 1880 g/mol. The molecule has 0 unspecified atom stereocenters. The van der Waals surface area contributed by atoms with Crippen molar-refractivity contribution in [3.8, 4) is 28.0 Å². The van der Waals surface area contributed by atoms with Crippen molar-refractivity contribution >= 4 is 247 Å². The van der Waals surface area contributed by atoms with Gasteiger partial charge in [0.1, 0.15) is 0 Å². The maximum atomic E-state index is 14.4. The predicted octanol–water partition coefficient (Wildman–Crippen LogP) is 40.3. The maximum absolute atomic E-state index is 14.4. The van der Waals surface area contributed by atoms with Gasteiger partial charge in [0.05, 0.1) is 0 Å². The van der Waals surface area contributed by atoms with Gasteiger partial charge < -0.3 is 4.18 Å². The Morgan fingerprint density at radius 3 is 0.648 bits per heavy atom. The van der Waals surface area contributed by atoms with E-state index in [-0.39, 0.29) is 56.3 Å². The lowest BCUT2D eigenvalue weighted by molar-refractivity contribution is -0.0499. The van der Waals surface area contributed by atoms with Crippen molar-refractivity contribution in [3.63, 3.8) is 0 Å². The number of hydrogen-bond donors (Lipinski definition) is 0. The second kappa shape index (κ2) is 29.4. The first-order valence-electron chi connectivity index (χ1n) is 50.3. The molecule has 142 heavy (non-hydrogen) atoms. The number of alkyl halides is 3. The molecule has 0 spiro atoms. The summed E-state index contributed by atoms with van der Waals surface area (Å²) in [4.78, 5) is 0. The van der Waals surface area contributed by atoms with Crippen molar-refractivity contribution in [2.75, 3.05) is 0 Å². The molecule has 0 saturated heterocycles. The molecule has 0 N–H and O–H groups in total. The largest absolute Gasteiger partial charge is 0.534 e. The normalized spacial score (nSPS) is 13.8. The Morgan fingerprint density at radius 2 is 0.394 bits per heavy atom. The topological polar surface area (TPSA) is 43.4 Å². The van der Waals surface area contributed by atoms with Crippen LogP contribution >= 0.6 is 0 Å². The Hall–Kier alpha value is -13.5. The molecule has 26 rings (SSSR count). The van der Waals surface area contributed by atoms with Crippen molar-refractivity contribution in [1.82, 2.24) is 0 Å². The van der Waals surface area contributed by atoms with E-state index < -0.39 is 21.4 Å². The van der Waals surface area contributed by atoms with E-state index in [4.69, 9.17) is 4.18 Å². The zero-order valence-corrected chi connectivity index (χ0v) is 86.3. The van der Waals surface area contributed by atoms with Crippen LogP contribution in [0.25, 0.3) is 259 Å². The van der Waals surface area contributed by atoms with Gasteiger partial charge in [-0.3, -0.25) is 0 Å². The van der Waals surface area contributed by atoms with E-state index in [9.17, 15) is 21.6 Å². The fraction of sp³-hybridized carbons (Fsp3) is 0.259. The molecule has 0 bridgehead atoms. The second-order valence-corrected chi connectivity index (χ2v) is 51.5. The maximum Gasteiger partial charge on any atom is 0.534 e. The van der Waals surface area contributed by atoms with Gasteiger partial charge in [0.2, 0.25) is 0 Å². The summed E-state index contributed by atoms with van der Waals surface area (Å²) in [5, 5.41) is 54.7. The molecule has 7 heteroatoms. The Morgan fingerprint density at radius 1 is 0.190 bits per heavy atom. The lowest BCUT2D eigenvalue weighted by Crippen LogP contribution is -2.28. The van der Waals surface area contributed by atoms with E-state index >= 15 is 0 Å². The number of fused-ring (bicyclic) bond motifs is 16. The van der Waals surface area contributed by atoms with Gasteiger partial charge >= 0.3 is 15.6 Å². The van der Waals surface area contributed by atoms with Gasteiger partial charge in [-0.2, -0.15) is 21.6 Å². The van der Waals surface area contributed by atoms with Crippen LogP contribution in [0.2, 0.25) is 0 Å². The quantitative estimate of drug-likeness (QED) is 0.0763. The zero-order chi connectivity index (χ0) is 98.9. The standard InChI is InChI=1S/C68H61F3O3S.C66H56.CH4/c1-36-24-37-31-59(74-75(72,73)68(69,70)71)54(46-21-23-52-58-35-44(67(11,12)13)28-40-26-42(65(5,6)7)33-56(61(40)58)50-19-15-17-48(46)63(50)52)30-38(37)29-53(36)45-20-22-51-57-34-43(66(8,9)10)27-39-25-41(64(2,3)4)32-55(60(39)57)49-18-14-16-47(45)62(49)51;1-63(2,3)37-21-35-22-38(64(4,5)6)30-54-46-18-14-42-50-26-34-28-52-44-16-20-48-56-32-40(66(10,11)12)24-36-23-39(65(7,8)9)31-55(58(36)56)47-19-15-43(60(44)62(47)48)51(52)27-33(34)25-49(50)41-13-17-45(61(46)59(41)42)53(29-37)57(35)54;/h14-35H,1-13H3;13-32H,1-12H3;1H4. The molecule has 0 heterocycles. The van der Waals surface area contributed by atoms with Crippen molar-refractivity contribution in [1.29, 1.82) is 0 Å². The van der Waals surface area contributed by atoms with Crippen LogP contribution < -0.4 is 4.18 Å². The molecule has 0 aromatic heterocycles. The summed E-state index contributed by atoms with van der Waals surface area (Å²) >= 11 is 0. The average Bonchev–Trinajstić information content (AvgIpc) is 1.54. The third-order valence-electron chi connectivity index (χ3n) is 32.5. The molecule has 0 fully saturated rings. The number of benzene rings is 24. The lowest BCUT2D eigenvalue weighted by atomic mass is 9.78. The summed E-state index contributed by atoms with van der Waals surface area (Å²) in [6, 6.07) is 96.5. The minimum atomic E-state index is -6.07. The molecular formula is C135H121F3O3S. The van der Waals surface area contributed by atoms with Gasteiger partial charge in [0.25, 0.3) is 0 Å². The van der Waals surface area contributed by atoms with Crippen LogP contribution in [-0.4, -0.2) is 13.9 Å². The molecule has 0 amide bonds. The molecule has 0 saturated carbocycles. The molecule has 26 aromatic carbocycles. The highest BCUT2D eigenvalue weighted by Gasteiger charge is 2.49. The van der Waals surface area contributed by atoms with Gasteiger partial charge in [-0.05, 0) is 445 Å². The van der Waals surface area contributed by atoms with Crippen molar-refractivity contribution in [2.24, 2.45) is 0 Å². The minimum Gasteiger partial charge on any atom is -0.375 e. The SMILES string of the molecule is C.CC(C)(C)c1cc2cc(C(C)(C)C)cc3c4ccc5c6cc7cc8c(cc7cc6c6ccc(c(c1)c23)c4c65)c1ccc2c3cc(C(C)(C)C)cc4cc(C(C)(C)C)cc(c5ccc8c1c25)c43.Cc1cc2cc(OS(=O)(=O)C(F)(F)F)c(-c3ccc4c5cc(C(C)(C)C)cc6cc(C(C)(C)C)cc(c7cccc3c74)c65)cc2cc1-c1ccc2c3cc(C(C)(C)C)cc4cc(C(C)(C)C)cc(c5cccc1c52)c43. The molecule has 706 valence electrons. The van der Waals surface area contributed by atoms with E-state index in [0.717, 1.165) is 70.6 Å². The van der Waals surface area contributed by atoms with Gasteiger partial charge in [-0.1, -0.05) is 337 Å². The van der Waals surface area contributed by atoms with Crippen LogP contribution in [0.15, 0.2) is 255 Å². The first kappa shape index (κ1) is 91.0. The number of hydrogen-bond acceptors (Lipinski definition) is 3. The van der Waals surface area contributed by atoms with E-state index in [1.807, 2.05) is 37.3 Å². The van der Waals surface area contributed by atoms with Crippen LogP contribution in [0.4, 0.5) is 13.2 Å². The minimum absolute atomic E-state index is 0. The third kappa shape index (κ3) is 13.3. The highest BCUT2D eigenvalue weighted by Crippen LogP contribution is 2.57. The van der Waals surface area contributed by atoms with Crippen LogP contribution in [0.5, 0.6) is 5.75 Å². The van der Waals surface area contributed by atoms with E-state index in [1.165, 1.54) is 228 Å². The smallest absolute Gasteiger partial charge is 0.375 e. The summed E-state index contributed by atoms with van der Waals surface area (Å²) in [5.41, 5.74) is 8.16. The summed E-state index contributed by atoms with van der Waals surface area (Å²) in [6.45, 7) is 57.1. The number of rotatable bonds is 4. The highest BCUT2D eigenvalue weighted by molar-refractivity contribution is 7.88. The molecule has 0 atom stereocenters. The Balaban J connectivity index is 0.000000153. The Bertz CT molecular complexity index is 9460. The van der Waals surface area contributed by atoms with Crippen LogP contribution in [0.3, 0.4) is 0 Å². The lowest BCUT2D eigenvalue weighted by Gasteiger charge is -2.26. The molecule has 26 aromatic rings. The van der Waals surface area contributed by atoms with Gasteiger partial charge in [0.15, 0.2) is 5.75 Å². The first-order valence-corrected chi connectivity index (χ1v) is 51.7. The molecule has 0 aliphatic rings. The van der Waals surface area contributed by atoms with Crippen molar-refractivity contribution < 1.29 is 25.8 Å². The molecule has 0 aliphatic carbocycles. The van der Waals surface area contributed by atoms with Crippen LogP contribution in [-0.2, 0) is 53.4 Å². The van der Waals surface area contributed by atoms with Crippen LogP contribution in [0, 0.1) is 6.92 Å². The number of aryl methyl sites for hydroxylation is 1. The van der Waals surface area contributed by atoms with Crippen LogP contribution in [0.1, 0.15) is 224 Å². The number of halogens is 3. The molecule has 0 radical (unpaired) electrons. The van der Waals surface area contributed by atoms with Crippen molar-refractivity contribution in [3.05, 3.63) is 305 Å². The molecule has 3 nitrogen and oxygen atoms in total. The fourth-order valence-corrected chi connectivity index (χ4v) is 25.1. The summed E-state index contributed by atoms with van der Waals surface area (Å²) in [6.07, 6.45) is 0. The first-order chi connectivity index (χ1) is 66.2. The molecule has 0 aliphatic heterocycles. The predicted molar refractivity (Wildman–Crippen MR) is 613 cm³/mol. The van der Waals surface area contributed by atoms with Gasteiger partial charge in [0, 0.05) is 5.56 Å². The third-order valence-corrected chi connectivity index (χ3v) is 33.4. The van der Waals surface area contributed by atoms with Gasteiger partial charge in [-0.25, -0.2) is 0 Å². The zero-order valence-electron chi connectivity index (χ0n) is 85.5. The van der Waals surface area contributed by atoms with E-state index in [1.54, 1.807) is 6.07 Å². The Kier molecular flexibility index (Phi) is 18.9. The van der Waals surface area contributed by atoms with Gasteiger partial charge in [-0.15, -0.1) is 0 Å². The summed E-state index contributed by atoms with van der Waals surface area (Å²) in [7, 11) is -6.07. The fourth-order valence-electron chi connectivity index (χ4n) is 24.6. The monoisotopic (exact) mass is 1880 g/mol. The second-order valence-electron chi connectivity index (χ2n) is 50.0. The summed E-state index contributed by atoms with van der Waals surface area (Å²) in [5.74, 6) is -0.394. The Labute approximate surface area is 829 Å². The van der Waals surface area contributed by atoms with E-state index in [2.05, 4.69) is 378 Å². The molecular weight excluding hydrogens is 1760 g/mol. The van der Waals surface area contributed by atoms with Crippen molar-refractivity contribution in [2.45, 2.75) is 229 Å². The van der Waals surface area contributed by atoms with E-state index in [0.29, 0.717) is 10.9 Å².